The first-order chi connectivity index (χ1) is 12.6. The molecule has 3 rings (SSSR count). The number of hydrogen-bond acceptors (Lipinski definition) is 5. The van der Waals surface area contributed by atoms with Gasteiger partial charge >= 0.3 is 0 Å². The number of nitrogens with two attached hydrogens (primary N) is 1. The first-order valence-corrected chi connectivity index (χ1v) is 9.52. The maximum absolute atomic E-state index is 12.9. The Morgan fingerprint density at radius 3 is 2.42 bits per heavy atom. The quantitative estimate of drug-likeness (QED) is 0.782. The SMILES string of the molecule is NC(=O)CSc1ccccc1C(=O)N1CCN(Cc2ccncc2)CC1. The second-order valence-corrected chi connectivity index (χ2v) is 7.19. The highest BCUT2D eigenvalue weighted by atomic mass is 32.2. The predicted molar refractivity (Wildman–Crippen MR) is 102 cm³/mol. The number of hydrogen-bond donors (Lipinski definition) is 1. The normalized spacial score (nSPS) is 15.0. The molecule has 0 bridgehead atoms. The molecule has 7 heteroatoms. The van der Waals surface area contributed by atoms with Gasteiger partial charge in [0.15, 0.2) is 0 Å². The molecule has 0 spiro atoms. The average molecular weight is 370 g/mol. The fourth-order valence-corrected chi connectivity index (χ4v) is 3.73. The van der Waals surface area contributed by atoms with Gasteiger partial charge in [-0.15, -0.1) is 11.8 Å². The molecule has 136 valence electrons. The molecule has 26 heavy (non-hydrogen) atoms. The van der Waals surface area contributed by atoms with Crippen LogP contribution in [-0.4, -0.2) is 58.5 Å². The van der Waals surface area contributed by atoms with Crippen LogP contribution in [0.3, 0.4) is 0 Å². The van der Waals surface area contributed by atoms with Gasteiger partial charge in [-0.25, -0.2) is 0 Å². The van der Waals surface area contributed by atoms with Crippen molar-refractivity contribution in [3.8, 4) is 0 Å². The summed E-state index contributed by atoms with van der Waals surface area (Å²) in [6.45, 7) is 3.93. The highest BCUT2D eigenvalue weighted by Gasteiger charge is 2.23. The molecule has 1 aromatic heterocycles. The van der Waals surface area contributed by atoms with E-state index in [0.29, 0.717) is 18.7 Å². The number of nitrogens with zero attached hydrogens (tertiary/aromatic N) is 3. The summed E-state index contributed by atoms with van der Waals surface area (Å²) >= 11 is 1.31. The van der Waals surface area contributed by atoms with Crippen LogP contribution in [-0.2, 0) is 11.3 Å². The molecule has 0 unspecified atom stereocenters. The maximum Gasteiger partial charge on any atom is 0.255 e. The average Bonchev–Trinajstić information content (AvgIpc) is 2.67. The number of benzene rings is 1. The summed E-state index contributed by atoms with van der Waals surface area (Å²) in [6.07, 6.45) is 3.60. The maximum atomic E-state index is 12.9. The van der Waals surface area contributed by atoms with Crippen molar-refractivity contribution in [2.75, 3.05) is 31.9 Å². The van der Waals surface area contributed by atoms with Gasteiger partial charge in [-0.3, -0.25) is 19.5 Å². The number of amides is 2. The van der Waals surface area contributed by atoms with Crippen LogP contribution in [0.25, 0.3) is 0 Å². The first-order valence-electron chi connectivity index (χ1n) is 8.54. The molecule has 0 saturated carbocycles. The van der Waals surface area contributed by atoms with Crippen LogP contribution in [0.1, 0.15) is 15.9 Å². The van der Waals surface area contributed by atoms with E-state index < -0.39 is 0 Å². The van der Waals surface area contributed by atoms with E-state index in [0.717, 1.165) is 24.5 Å². The van der Waals surface area contributed by atoms with Crippen molar-refractivity contribution in [1.82, 2.24) is 14.8 Å². The van der Waals surface area contributed by atoms with Crippen LogP contribution < -0.4 is 5.73 Å². The van der Waals surface area contributed by atoms with Crippen LogP contribution in [0.2, 0.25) is 0 Å². The Hall–Kier alpha value is -2.38. The smallest absolute Gasteiger partial charge is 0.255 e. The van der Waals surface area contributed by atoms with Crippen molar-refractivity contribution in [1.29, 1.82) is 0 Å². The third-order valence-electron chi connectivity index (χ3n) is 4.30. The fraction of sp³-hybridized carbons (Fsp3) is 0.316. The lowest BCUT2D eigenvalue weighted by atomic mass is 10.1. The topological polar surface area (TPSA) is 79.5 Å². The van der Waals surface area contributed by atoms with Crippen molar-refractivity contribution < 1.29 is 9.59 Å². The molecule has 0 aliphatic carbocycles. The number of thioether (sulfide) groups is 1. The van der Waals surface area contributed by atoms with E-state index in [1.54, 1.807) is 12.4 Å². The standard InChI is InChI=1S/C19H22N4O2S/c20-18(24)14-26-17-4-2-1-3-16(17)19(25)23-11-9-22(10-12-23)13-15-5-7-21-8-6-15/h1-8H,9-14H2,(H2,20,24). The molecular formula is C19H22N4O2S. The summed E-state index contributed by atoms with van der Waals surface area (Å²) in [4.78, 5) is 33.0. The van der Waals surface area contributed by atoms with Crippen LogP contribution in [0, 0.1) is 0 Å². The van der Waals surface area contributed by atoms with Gasteiger partial charge in [0.2, 0.25) is 5.91 Å². The number of rotatable bonds is 6. The molecule has 2 aromatic rings. The third-order valence-corrected chi connectivity index (χ3v) is 5.40. The Morgan fingerprint density at radius 2 is 1.73 bits per heavy atom. The van der Waals surface area contributed by atoms with Crippen molar-refractivity contribution in [3.05, 3.63) is 59.9 Å². The summed E-state index contributed by atoms with van der Waals surface area (Å²) < 4.78 is 0. The zero-order valence-corrected chi connectivity index (χ0v) is 15.3. The minimum Gasteiger partial charge on any atom is -0.369 e. The fourth-order valence-electron chi connectivity index (χ4n) is 2.94. The monoisotopic (exact) mass is 370 g/mol. The van der Waals surface area contributed by atoms with Crippen molar-refractivity contribution in [2.24, 2.45) is 5.73 Å². The Balaban J connectivity index is 1.59. The van der Waals surface area contributed by atoms with Crippen molar-refractivity contribution in [2.45, 2.75) is 11.4 Å². The van der Waals surface area contributed by atoms with E-state index in [9.17, 15) is 9.59 Å². The number of carbonyl (C=O) groups excluding carboxylic acids is 2. The van der Waals surface area contributed by atoms with Gasteiger partial charge in [0.1, 0.15) is 0 Å². The third kappa shape index (κ3) is 4.83. The number of primary amides is 1. The van der Waals surface area contributed by atoms with Gasteiger partial charge < -0.3 is 10.6 Å². The Labute approximate surface area is 157 Å². The number of piperazine rings is 1. The zero-order valence-electron chi connectivity index (χ0n) is 14.5. The Kier molecular flexibility index (Phi) is 6.25. The van der Waals surface area contributed by atoms with Crippen LogP contribution in [0.15, 0.2) is 53.7 Å². The lowest BCUT2D eigenvalue weighted by molar-refractivity contribution is -0.115. The van der Waals surface area contributed by atoms with Crippen molar-refractivity contribution in [3.63, 3.8) is 0 Å². The minimum absolute atomic E-state index is 0.0149. The lowest BCUT2D eigenvalue weighted by Gasteiger charge is -2.35. The van der Waals surface area contributed by atoms with Gasteiger partial charge in [0, 0.05) is 50.0 Å². The van der Waals surface area contributed by atoms with Gasteiger partial charge in [-0.2, -0.15) is 0 Å². The second-order valence-electron chi connectivity index (χ2n) is 6.17. The van der Waals surface area contributed by atoms with E-state index in [1.807, 2.05) is 41.3 Å². The molecule has 1 aliphatic rings. The first kappa shape index (κ1) is 18.4. The number of carbonyl (C=O) groups is 2. The van der Waals surface area contributed by atoms with Crippen LogP contribution in [0.4, 0.5) is 0 Å². The molecular weight excluding hydrogens is 348 g/mol. The summed E-state index contributed by atoms with van der Waals surface area (Å²) in [6, 6.07) is 11.4. The van der Waals surface area contributed by atoms with Crippen LogP contribution in [0.5, 0.6) is 0 Å². The highest BCUT2D eigenvalue weighted by molar-refractivity contribution is 8.00. The largest absolute Gasteiger partial charge is 0.369 e. The number of pyridine rings is 1. The highest BCUT2D eigenvalue weighted by Crippen LogP contribution is 2.24. The van der Waals surface area contributed by atoms with E-state index in [2.05, 4.69) is 9.88 Å². The molecule has 2 N–H and O–H groups in total. The summed E-state index contributed by atoms with van der Waals surface area (Å²) in [7, 11) is 0. The minimum atomic E-state index is -0.387. The summed E-state index contributed by atoms with van der Waals surface area (Å²) in [5.74, 6) is -0.201. The molecule has 1 fully saturated rings. The van der Waals surface area contributed by atoms with E-state index in [4.69, 9.17) is 5.73 Å². The van der Waals surface area contributed by atoms with E-state index >= 15 is 0 Å². The molecule has 2 heterocycles. The van der Waals surface area contributed by atoms with Crippen molar-refractivity contribution >= 4 is 23.6 Å². The molecule has 0 radical (unpaired) electrons. The van der Waals surface area contributed by atoms with Gasteiger partial charge in [0.05, 0.1) is 11.3 Å². The molecule has 1 saturated heterocycles. The molecule has 1 aromatic carbocycles. The Bertz CT molecular complexity index is 761. The van der Waals surface area contributed by atoms with Crippen LogP contribution >= 0.6 is 11.8 Å². The molecule has 0 atom stereocenters. The lowest BCUT2D eigenvalue weighted by Crippen LogP contribution is -2.48. The number of aromatic nitrogens is 1. The summed E-state index contributed by atoms with van der Waals surface area (Å²) in [5.41, 5.74) is 7.09. The van der Waals surface area contributed by atoms with Gasteiger partial charge in [0.25, 0.3) is 5.91 Å². The zero-order chi connectivity index (χ0) is 18.4. The van der Waals surface area contributed by atoms with Gasteiger partial charge in [-0.1, -0.05) is 12.1 Å². The van der Waals surface area contributed by atoms with E-state index in [1.165, 1.54) is 17.3 Å². The Morgan fingerprint density at radius 1 is 1.04 bits per heavy atom. The second kappa shape index (κ2) is 8.82. The predicted octanol–water partition coefficient (Wildman–Crippen LogP) is 1.62. The van der Waals surface area contributed by atoms with E-state index in [-0.39, 0.29) is 17.6 Å². The molecule has 6 nitrogen and oxygen atoms in total. The molecule has 1 aliphatic heterocycles. The van der Waals surface area contributed by atoms with Gasteiger partial charge in [-0.05, 0) is 29.8 Å². The molecule has 2 amide bonds. The summed E-state index contributed by atoms with van der Waals surface area (Å²) in [5, 5.41) is 0.